The highest BCUT2D eigenvalue weighted by atomic mass is 16.5. The molecule has 0 spiro atoms. The smallest absolute Gasteiger partial charge is 0.124 e. The predicted molar refractivity (Wildman–Crippen MR) is 54.4 cm³/mol. The summed E-state index contributed by atoms with van der Waals surface area (Å²) in [7, 11) is 0. The third kappa shape index (κ3) is 2.05. The Labute approximate surface area is 83.8 Å². The van der Waals surface area contributed by atoms with Gasteiger partial charge in [-0.3, -0.25) is 0 Å². The molecule has 1 aromatic carbocycles. The van der Waals surface area contributed by atoms with Gasteiger partial charge in [-0.15, -0.1) is 0 Å². The van der Waals surface area contributed by atoms with E-state index in [2.05, 4.69) is 12.1 Å². The van der Waals surface area contributed by atoms with Crippen molar-refractivity contribution < 1.29 is 9.47 Å². The van der Waals surface area contributed by atoms with E-state index in [1.165, 1.54) is 5.56 Å². The zero-order chi connectivity index (χ0) is 9.80. The first-order valence-electron chi connectivity index (χ1n) is 4.92. The number of fused-ring (bicyclic) bond motifs is 1. The Hall–Kier alpha value is -1.06. The van der Waals surface area contributed by atoms with Crippen molar-refractivity contribution in [1.29, 1.82) is 0 Å². The van der Waals surface area contributed by atoms with Crippen LogP contribution in [0.4, 0.5) is 0 Å². The molecule has 0 bridgehead atoms. The van der Waals surface area contributed by atoms with E-state index in [0.29, 0.717) is 26.4 Å². The summed E-state index contributed by atoms with van der Waals surface area (Å²) in [4.78, 5) is 0. The summed E-state index contributed by atoms with van der Waals surface area (Å²) in [5.74, 6) is 0.947. The zero-order valence-electron chi connectivity index (χ0n) is 8.16. The molecule has 1 heterocycles. The number of hydrogen-bond donors (Lipinski definition) is 1. The fraction of sp³-hybridized carbons (Fsp3) is 0.455. The topological polar surface area (TPSA) is 44.5 Å². The second kappa shape index (κ2) is 4.44. The molecule has 0 aliphatic carbocycles. The van der Waals surface area contributed by atoms with Crippen LogP contribution >= 0.6 is 0 Å². The van der Waals surface area contributed by atoms with Gasteiger partial charge in [-0.2, -0.15) is 0 Å². The molecule has 0 saturated carbocycles. The quantitative estimate of drug-likeness (QED) is 0.764. The molecular weight excluding hydrogens is 178 g/mol. The van der Waals surface area contributed by atoms with Gasteiger partial charge in [0.05, 0.1) is 13.2 Å². The number of ether oxygens (including phenoxy) is 2. The summed E-state index contributed by atoms with van der Waals surface area (Å²) in [5.41, 5.74) is 7.89. The lowest BCUT2D eigenvalue weighted by Crippen LogP contribution is -2.03. The van der Waals surface area contributed by atoms with Crippen LogP contribution in [0.5, 0.6) is 5.75 Å². The first-order chi connectivity index (χ1) is 6.90. The fourth-order valence-corrected chi connectivity index (χ4v) is 1.60. The van der Waals surface area contributed by atoms with Crippen molar-refractivity contribution in [3.05, 3.63) is 29.3 Å². The summed E-state index contributed by atoms with van der Waals surface area (Å²) < 4.78 is 10.9. The van der Waals surface area contributed by atoms with Crippen LogP contribution in [0, 0.1) is 0 Å². The molecule has 0 fully saturated rings. The average molecular weight is 193 g/mol. The Balaban J connectivity index is 2.23. The number of benzene rings is 1. The molecule has 1 aromatic rings. The van der Waals surface area contributed by atoms with E-state index in [9.17, 15) is 0 Å². The number of rotatable bonds is 2. The van der Waals surface area contributed by atoms with Gasteiger partial charge in [-0.1, -0.05) is 6.07 Å². The molecule has 76 valence electrons. The molecular formula is C11H15NO2. The third-order valence-corrected chi connectivity index (χ3v) is 2.30. The van der Waals surface area contributed by atoms with E-state index in [0.717, 1.165) is 17.7 Å². The van der Waals surface area contributed by atoms with Gasteiger partial charge in [0.2, 0.25) is 0 Å². The molecule has 0 saturated heterocycles. The summed E-state index contributed by atoms with van der Waals surface area (Å²) in [6, 6.07) is 6.19. The van der Waals surface area contributed by atoms with Crippen LogP contribution in [0.25, 0.3) is 0 Å². The van der Waals surface area contributed by atoms with Crippen LogP contribution in [0.3, 0.4) is 0 Å². The largest absolute Gasteiger partial charge is 0.491 e. The molecule has 0 unspecified atom stereocenters. The molecule has 0 radical (unpaired) electrons. The summed E-state index contributed by atoms with van der Waals surface area (Å²) in [6.07, 6.45) is 0.910. The van der Waals surface area contributed by atoms with Crippen LogP contribution in [-0.4, -0.2) is 19.8 Å². The van der Waals surface area contributed by atoms with Crippen LogP contribution in [0.15, 0.2) is 18.2 Å². The van der Waals surface area contributed by atoms with Crippen LogP contribution in [0.2, 0.25) is 0 Å². The maximum atomic E-state index is 5.53. The van der Waals surface area contributed by atoms with Crippen molar-refractivity contribution in [2.75, 3.05) is 19.8 Å². The van der Waals surface area contributed by atoms with Gasteiger partial charge in [0.25, 0.3) is 0 Å². The van der Waals surface area contributed by atoms with Crippen molar-refractivity contribution in [2.24, 2.45) is 5.73 Å². The number of nitrogens with two attached hydrogens (primary N) is 1. The molecule has 0 amide bonds. The normalized spacial score (nSPS) is 15.5. The molecule has 1 aliphatic heterocycles. The Kier molecular flexibility index (Phi) is 3.01. The van der Waals surface area contributed by atoms with Crippen molar-refractivity contribution in [3.8, 4) is 5.75 Å². The molecule has 0 atom stereocenters. The van der Waals surface area contributed by atoms with Gasteiger partial charge in [0, 0.05) is 5.56 Å². The molecule has 3 heteroatoms. The minimum atomic E-state index is 0.642. The van der Waals surface area contributed by atoms with Gasteiger partial charge in [-0.25, -0.2) is 0 Å². The Bertz CT molecular complexity index is 312. The lowest BCUT2D eigenvalue weighted by molar-refractivity contribution is 0.107. The highest BCUT2D eigenvalue weighted by molar-refractivity contribution is 5.37. The Morgan fingerprint density at radius 2 is 2.21 bits per heavy atom. The highest BCUT2D eigenvalue weighted by Crippen LogP contribution is 2.23. The van der Waals surface area contributed by atoms with Crippen molar-refractivity contribution >= 4 is 0 Å². The fourth-order valence-electron chi connectivity index (χ4n) is 1.60. The first-order valence-corrected chi connectivity index (χ1v) is 4.92. The van der Waals surface area contributed by atoms with E-state index in [4.69, 9.17) is 15.2 Å². The van der Waals surface area contributed by atoms with E-state index in [-0.39, 0.29) is 0 Å². The number of hydrogen-bond acceptors (Lipinski definition) is 3. The van der Waals surface area contributed by atoms with Crippen LogP contribution in [0.1, 0.15) is 11.1 Å². The van der Waals surface area contributed by atoms with Gasteiger partial charge in [0.1, 0.15) is 12.4 Å². The lowest BCUT2D eigenvalue weighted by Gasteiger charge is -2.07. The zero-order valence-corrected chi connectivity index (χ0v) is 8.16. The van der Waals surface area contributed by atoms with E-state index in [1.54, 1.807) is 0 Å². The third-order valence-electron chi connectivity index (χ3n) is 2.30. The minimum absolute atomic E-state index is 0.642. The molecule has 2 N–H and O–H groups in total. The predicted octanol–water partition coefficient (Wildman–Crippen LogP) is 1.10. The second-order valence-electron chi connectivity index (χ2n) is 3.38. The monoisotopic (exact) mass is 193 g/mol. The second-order valence-corrected chi connectivity index (χ2v) is 3.38. The molecule has 1 aliphatic rings. The molecule has 0 aromatic heterocycles. The average Bonchev–Trinajstić information content (AvgIpc) is 2.42. The van der Waals surface area contributed by atoms with Gasteiger partial charge < -0.3 is 15.2 Å². The summed E-state index contributed by atoms with van der Waals surface area (Å²) in [5, 5.41) is 0. The summed E-state index contributed by atoms with van der Waals surface area (Å²) in [6.45, 7) is 2.64. The molecule has 3 nitrogen and oxygen atoms in total. The SMILES string of the molecule is NCCc1ccc2c(c1)COCCO2. The van der Waals surface area contributed by atoms with Crippen LogP contribution in [-0.2, 0) is 17.8 Å². The van der Waals surface area contributed by atoms with Gasteiger partial charge >= 0.3 is 0 Å². The van der Waals surface area contributed by atoms with Gasteiger partial charge in [-0.05, 0) is 30.7 Å². The van der Waals surface area contributed by atoms with Crippen molar-refractivity contribution in [2.45, 2.75) is 13.0 Å². The van der Waals surface area contributed by atoms with E-state index >= 15 is 0 Å². The Morgan fingerprint density at radius 1 is 1.29 bits per heavy atom. The van der Waals surface area contributed by atoms with Crippen molar-refractivity contribution in [3.63, 3.8) is 0 Å². The Morgan fingerprint density at radius 3 is 3.07 bits per heavy atom. The van der Waals surface area contributed by atoms with Crippen molar-refractivity contribution in [1.82, 2.24) is 0 Å². The standard InChI is InChI=1S/C11H15NO2/c12-4-3-9-1-2-11-10(7-9)8-13-5-6-14-11/h1-2,7H,3-6,8,12H2. The first kappa shape index (κ1) is 9.49. The van der Waals surface area contributed by atoms with E-state index in [1.807, 2.05) is 6.07 Å². The van der Waals surface area contributed by atoms with Gasteiger partial charge in [0.15, 0.2) is 0 Å². The minimum Gasteiger partial charge on any atom is -0.491 e. The maximum absolute atomic E-state index is 5.53. The van der Waals surface area contributed by atoms with Crippen LogP contribution < -0.4 is 10.5 Å². The maximum Gasteiger partial charge on any atom is 0.124 e. The lowest BCUT2D eigenvalue weighted by atomic mass is 10.1. The summed E-state index contributed by atoms with van der Waals surface area (Å²) >= 11 is 0. The van der Waals surface area contributed by atoms with E-state index < -0.39 is 0 Å². The molecule has 2 rings (SSSR count). The molecule has 14 heavy (non-hydrogen) atoms. The highest BCUT2D eigenvalue weighted by Gasteiger charge is 2.08.